The summed E-state index contributed by atoms with van der Waals surface area (Å²) in [4.78, 5) is 11.5. The van der Waals surface area contributed by atoms with Crippen LogP contribution in [0.3, 0.4) is 0 Å². The Hall–Kier alpha value is -2.88. The van der Waals surface area contributed by atoms with Gasteiger partial charge in [-0.2, -0.15) is 0 Å². The van der Waals surface area contributed by atoms with Gasteiger partial charge in [-0.1, -0.05) is 39.5 Å². The molecule has 1 aromatic carbocycles. The Balaban J connectivity index is 1.97. The van der Waals surface area contributed by atoms with Crippen LogP contribution in [0.25, 0.3) is 17.2 Å². The first-order chi connectivity index (χ1) is 14.0. The highest BCUT2D eigenvalue weighted by molar-refractivity contribution is 5.92. The topological polar surface area (TPSA) is 54.5 Å². The third kappa shape index (κ3) is 4.94. The van der Waals surface area contributed by atoms with Crippen molar-refractivity contribution in [3.63, 3.8) is 0 Å². The highest BCUT2D eigenvalue weighted by atomic mass is 15.1. The summed E-state index contributed by atoms with van der Waals surface area (Å²) in [7, 11) is 0. The molecular formula is C25H32N4. The standard InChI is InChI=1S/C25H32N4/c1-5-10-29(11-6-2)18(4)22-13-21-9-8-20(14-24(21)28-25(26)15-22)23-12-19(7-3)16-27-17-23/h8-9,12-14,16-17H,4-7,10-11,15H2,1-3H3,(H2,26,28). The number of hydrogen-bond acceptors (Lipinski definition) is 4. The molecule has 0 spiro atoms. The van der Waals surface area contributed by atoms with Crippen LogP contribution in [-0.4, -0.2) is 28.8 Å². The van der Waals surface area contributed by atoms with Crippen LogP contribution in [0.4, 0.5) is 5.69 Å². The van der Waals surface area contributed by atoms with Crippen LogP contribution in [0, 0.1) is 0 Å². The predicted octanol–water partition coefficient (Wildman–Crippen LogP) is 5.72. The number of aliphatic imine (C=N–C) groups is 1. The van der Waals surface area contributed by atoms with E-state index in [0.717, 1.165) is 66.0 Å². The van der Waals surface area contributed by atoms with Crippen molar-refractivity contribution >= 4 is 17.6 Å². The highest BCUT2D eigenvalue weighted by Crippen LogP contribution is 2.33. The van der Waals surface area contributed by atoms with E-state index in [4.69, 9.17) is 10.7 Å². The first kappa shape index (κ1) is 20.8. The molecule has 0 saturated heterocycles. The minimum Gasteiger partial charge on any atom is -0.387 e. The monoisotopic (exact) mass is 388 g/mol. The maximum Gasteiger partial charge on any atom is 0.104 e. The minimum absolute atomic E-state index is 0.625. The molecule has 0 saturated carbocycles. The zero-order valence-corrected chi connectivity index (χ0v) is 17.9. The van der Waals surface area contributed by atoms with Gasteiger partial charge in [0.1, 0.15) is 5.84 Å². The van der Waals surface area contributed by atoms with Crippen molar-refractivity contribution in [1.82, 2.24) is 9.88 Å². The third-order valence-corrected chi connectivity index (χ3v) is 5.27. The van der Waals surface area contributed by atoms with Crippen LogP contribution in [0.5, 0.6) is 0 Å². The quantitative estimate of drug-likeness (QED) is 0.629. The Bertz CT molecular complexity index is 934. The van der Waals surface area contributed by atoms with E-state index >= 15 is 0 Å². The van der Waals surface area contributed by atoms with Crippen molar-refractivity contribution < 1.29 is 0 Å². The number of allylic oxidation sites excluding steroid dienone is 1. The first-order valence-electron chi connectivity index (χ1n) is 10.6. The van der Waals surface area contributed by atoms with Crippen LogP contribution in [-0.2, 0) is 6.42 Å². The lowest BCUT2D eigenvalue weighted by molar-refractivity contribution is 0.351. The molecule has 1 aromatic heterocycles. The molecule has 2 N–H and O–H groups in total. The summed E-state index contributed by atoms with van der Waals surface area (Å²) in [5.41, 5.74) is 13.9. The van der Waals surface area contributed by atoms with Crippen LogP contribution in [0.15, 0.2) is 59.5 Å². The van der Waals surface area contributed by atoms with Crippen molar-refractivity contribution in [3.05, 3.63) is 65.6 Å². The molecule has 0 unspecified atom stereocenters. The van der Waals surface area contributed by atoms with Crippen molar-refractivity contribution in [2.45, 2.75) is 46.5 Å². The molecule has 2 aromatic rings. The fourth-order valence-corrected chi connectivity index (χ4v) is 3.72. The van der Waals surface area contributed by atoms with Gasteiger partial charge in [-0.15, -0.1) is 0 Å². The summed E-state index contributed by atoms with van der Waals surface area (Å²) in [5, 5.41) is 0. The van der Waals surface area contributed by atoms with E-state index in [1.54, 1.807) is 0 Å². The van der Waals surface area contributed by atoms with E-state index in [0.29, 0.717) is 12.3 Å². The van der Waals surface area contributed by atoms with Gasteiger partial charge in [0.15, 0.2) is 0 Å². The normalized spacial score (nSPS) is 13.2. The number of rotatable bonds is 8. The average molecular weight is 389 g/mol. The molecule has 0 bridgehead atoms. The van der Waals surface area contributed by atoms with Gasteiger partial charge >= 0.3 is 0 Å². The van der Waals surface area contributed by atoms with Gasteiger partial charge in [0, 0.05) is 48.7 Å². The number of aryl methyl sites for hydroxylation is 1. The molecule has 0 radical (unpaired) electrons. The summed E-state index contributed by atoms with van der Waals surface area (Å²) in [6, 6.07) is 8.56. The second-order valence-electron chi connectivity index (χ2n) is 7.59. The van der Waals surface area contributed by atoms with E-state index in [-0.39, 0.29) is 0 Å². The molecule has 1 aliphatic rings. The fraction of sp³-hybridized carbons (Fsp3) is 0.360. The second kappa shape index (κ2) is 9.55. The number of pyridine rings is 1. The zero-order valence-electron chi connectivity index (χ0n) is 17.9. The first-order valence-corrected chi connectivity index (χ1v) is 10.6. The smallest absolute Gasteiger partial charge is 0.104 e. The maximum atomic E-state index is 6.30. The maximum absolute atomic E-state index is 6.30. The molecular weight excluding hydrogens is 356 g/mol. The molecule has 0 fully saturated rings. The SMILES string of the molecule is C=C(C1=Cc2ccc(-c3cncc(CC)c3)cc2N=C(N)C1)N(CCC)CCC. The van der Waals surface area contributed by atoms with Gasteiger partial charge in [-0.25, -0.2) is 4.99 Å². The summed E-state index contributed by atoms with van der Waals surface area (Å²) < 4.78 is 0. The Kier molecular flexibility index (Phi) is 6.86. The lowest BCUT2D eigenvalue weighted by Gasteiger charge is -2.27. The summed E-state index contributed by atoms with van der Waals surface area (Å²) >= 11 is 0. The number of nitrogens with two attached hydrogens (primary N) is 1. The molecule has 0 aliphatic carbocycles. The highest BCUT2D eigenvalue weighted by Gasteiger charge is 2.16. The molecule has 152 valence electrons. The van der Waals surface area contributed by atoms with E-state index in [1.807, 2.05) is 12.4 Å². The van der Waals surface area contributed by atoms with Crippen LogP contribution < -0.4 is 5.73 Å². The molecule has 3 rings (SSSR count). The lowest BCUT2D eigenvalue weighted by atomic mass is 10.00. The number of nitrogens with zero attached hydrogens (tertiary/aromatic N) is 3. The molecule has 0 amide bonds. The fourth-order valence-electron chi connectivity index (χ4n) is 3.72. The van der Waals surface area contributed by atoms with Gasteiger partial charge in [-0.3, -0.25) is 4.98 Å². The molecule has 2 heterocycles. The number of benzene rings is 1. The Morgan fingerprint density at radius 1 is 1.07 bits per heavy atom. The van der Waals surface area contributed by atoms with Gasteiger partial charge in [-0.05, 0) is 54.2 Å². The van der Waals surface area contributed by atoms with E-state index in [1.165, 1.54) is 5.56 Å². The summed E-state index contributed by atoms with van der Waals surface area (Å²) in [6.45, 7) is 12.9. The largest absolute Gasteiger partial charge is 0.387 e. The van der Waals surface area contributed by atoms with Crippen molar-refractivity contribution in [3.8, 4) is 11.1 Å². The van der Waals surface area contributed by atoms with Crippen LogP contribution >= 0.6 is 0 Å². The molecule has 4 nitrogen and oxygen atoms in total. The van der Waals surface area contributed by atoms with E-state index in [9.17, 15) is 0 Å². The molecule has 0 atom stereocenters. The Morgan fingerprint density at radius 2 is 1.83 bits per heavy atom. The van der Waals surface area contributed by atoms with Crippen molar-refractivity contribution in [1.29, 1.82) is 0 Å². The van der Waals surface area contributed by atoms with E-state index in [2.05, 4.69) is 67.6 Å². The second-order valence-corrected chi connectivity index (χ2v) is 7.59. The number of hydrogen-bond donors (Lipinski definition) is 1. The predicted molar refractivity (Wildman–Crippen MR) is 124 cm³/mol. The third-order valence-electron chi connectivity index (χ3n) is 5.27. The van der Waals surface area contributed by atoms with Gasteiger partial charge in [0.05, 0.1) is 5.69 Å². The summed E-state index contributed by atoms with van der Waals surface area (Å²) in [6.07, 6.45) is 9.81. The number of fused-ring (bicyclic) bond motifs is 1. The molecule has 1 aliphatic heterocycles. The summed E-state index contributed by atoms with van der Waals surface area (Å²) in [5.74, 6) is 0.627. The zero-order chi connectivity index (χ0) is 20.8. The van der Waals surface area contributed by atoms with Crippen molar-refractivity contribution in [2.24, 2.45) is 10.7 Å². The van der Waals surface area contributed by atoms with Crippen LogP contribution in [0.1, 0.15) is 51.2 Å². The number of aromatic nitrogens is 1. The van der Waals surface area contributed by atoms with Gasteiger partial charge in [0.25, 0.3) is 0 Å². The average Bonchev–Trinajstić information content (AvgIpc) is 2.90. The molecule has 4 heteroatoms. The van der Waals surface area contributed by atoms with Gasteiger partial charge < -0.3 is 10.6 Å². The van der Waals surface area contributed by atoms with Gasteiger partial charge in [0.2, 0.25) is 0 Å². The molecule has 29 heavy (non-hydrogen) atoms. The minimum atomic E-state index is 0.625. The Labute approximate surface area is 174 Å². The number of amidine groups is 1. The lowest BCUT2D eigenvalue weighted by Crippen LogP contribution is -2.26. The van der Waals surface area contributed by atoms with Crippen molar-refractivity contribution in [2.75, 3.05) is 13.1 Å². The van der Waals surface area contributed by atoms with E-state index < -0.39 is 0 Å². The Morgan fingerprint density at radius 3 is 2.52 bits per heavy atom. The van der Waals surface area contributed by atoms with Crippen LogP contribution in [0.2, 0.25) is 0 Å².